The number of pyridine rings is 1. The molecule has 4 nitrogen and oxygen atoms in total. The van der Waals surface area contributed by atoms with Crippen LogP contribution in [0.15, 0.2) is 24.5 Å². The molecule has 2 rings (SSSR count). The third-order valence-electron chi connectivity index (χ3n) is 3.62. The van der Waals surface area contributed by atoms with Crippen molar-refractivity contribution in [2.24, 2.45) is 0 Å². The highest BCUT2D eigenvalue weighted by Gasteiger charge is 2.18. The lowest BCUT2D eigenvalue weighted by Gasteiger charge is -2.36. The van der Waals surface area contributed by atoms with Crippen LogP contribution >= 0.6 is 24.0 Å². The largest absolute Gasteiger partial charge is 0.363 e. The highest BCUT2D eigenvalue weighted by atomic mass is 32.2. The summed E-state index contributed by atoms with van der Waals surface area (Å²) in [6, 6.07) is 4.18. The van der Waals surface area contributed by atoms with E-state index in [0.29, 0.717) is 0 Å². The van der Waals surface area contributed by atoms with Gasteiger partial charge in [0.2, 0.25) is 0 Å². The van der Waals surface area contributed by atoms with Gasteiger partial charge in [-0.3, -0.25) is 9.88 Å². The summed E-state index contributed by atoms with van der Waals surface area (Å²) >= 11 is 7.36. The number of thioether (sulfide) groups is 1. The van der Waals surface area contributed by atoms with E-state index in [-0.39, 0.29) is 0 Å². The van der Waals surface area contributed by atoms with Gasteiger partial charge in [0.1, 0.15) is 0 Å². The molecule has 1 aliphatic rings. The van der Waals surface area contributed by atoms with Crippen molar-refractivity contribution in [3.05, 3.63) is 30.1 Å². The summed E-state index contributed by atoms with van der Waals surface area (Å²) in [5, 5.41) is 4.29. The number of thiocarbonyl (C=S) groups is 1. The van der Waals surface area contributed by atoms with E-state index in [0.717, 1.165) is 44.4 Å². The van der Waals surface area contributed by atoms with E-state index in [1.807, 2.05) is 24.2 Å². The summed E-state index contributed by atoms with van der Waals surface area (Å²) < 4.78 is 0. The summed E-state index contributed by atoms with van der Waals surface area (Å²) in [5.74, 6) is 1.19. The van der Waals surface area contributed by atoms with E-state index < -0.39 is 0 Å². The van der Waals surface area contributed by atoms with Crippen LogP contribution in [-0.2, 0) is 6.54 Å². The molecule has 0 aromatic carbocycles. The number of hydrogen-bond donors (Lipinski definition) is 1. The maximum atomic E-state index is 5.47. The molecule has 1 saturated heterocycles. The second kappa shape index (κ2) is 9.23. The predicted molar refractivity (Wildman–Crippen MR) is 94.7 cm³/mol. The lowest BCUT2D eigenvalue weighted by atomic mass is 10.2. The van der Waals surface area contributed by atoms with Crippen molar-refractivity contribution < 1.29 is 0 Å². The Morgan fingerprint density at radius 1 is 1.29 bits per heavy atom. The summed E-state index contributed by atoms with van der Waals surface area (Å²) in [5.41, 5.74) is 1.33. The average molecular weight is 325 g/mol. The molecule has 1 N–H and O–H groups in total. The second-order valence-corrected chi connectivity index (χ2v) is 6.57. The lowest BCUT2D eigenvalue weighted by Crippen LogP contribution is -2.51. The zero-order valence-electron chi connectivity index (χ0n) is 12.6. The zero-order valence-corrected chi connectivity index (χ0v) is 14.3. The van der Waals surface area contributed by atoms with Crippen LogP contribution in [0.1, 0.15) is 12.0 Å². The minimum Gasteiger partial charge on any atom is -0.363 e. The van der Waals surface area contributed by atoms with Crippen molar-refractivity contribution in [2.45, 2.75) is 13.0 Å². The van der Waals surface area contributed by atoms with Crippen LogP contribution in [-0.4, -0.2) is 64.6 Å². The molecule has 21 heavy (non-hydrogen) atoms. The number of nitrogens with zero attached hydrogens (tertiary/aromatic N) is 3. The van der Waals surface area contributed by atoms with Crippen molar-refractivity contribution in [3.63, 3.8) is 0 Å². The van der Waals surface area contributed by atoms with E-state index in [2.05, 4.69) is 38.5 Å². The average Bonchev–Trinajstić information content (AvgIpc) is 2.53. The molecular weight excluding hydrogens is 300 g/mol. The first-order valence-electron chi connectivity index (χ1n) is 7.42. The third kappa shape index (κ3) is 5.80. The SMILES string of the molecule is CSCCCNC(=S)N1CCN(Cc2ccncc2)CC1. The second-order valence-electron chi connectivity index (χ2n) is 5.20. The van der Waals surface area contributed by atoms with E-state index in [4.69, 9.17) is 12.2 Å². The monoisotopic (exact) mass is 324 g/mol. The van der Waals surface area contributed by atoms with Crippen LogP contribution in [0.4, 0.5) is 0 Å². The standard InChI is InChI=1S/C15H24N4S2/c1-21-12-2-5-17-15(20)19-10-8-18(9-11-19)13-14-3-6-16-7-4-14/h3-4,6-7H,2,5,8-13H2,1H3,(H,17,20). The first kappa shape index (κ1) is 16.5. The molecule has 2 heterocycles. The fourth-order valence-electron chi connectivity index (χ4n) is 2.38. The Hall–Kier alpha value is -0.850. The van der Waals surface area contributed by atoms with Crippen LogP contribution in [0.3, 0.4) is 0 Å². The van der Waals surface area contributed by atoms with Gasteiger partial charge < -0.3 is 10.2 Å². The molecule has 1 aromatic rings. The lowest BCUT2D eigenvalue weighted by molar-refractivity contribution is 0.174. The van der Waals surface area contributed by atoms with Gasteiger partial charge in [-0.1, -0.05) is 0 Å². The minimum absolute atomic E-state index is 0.916. The molecule has 116 valence electrons. The molecule has 6 heteroatoms. The molecule has 1 fully saturated rings. The number of hydrogen-bond acceptors (Lipinski definition) is 4. The first-order chi connectivity index (χ1) is 10.3. The van der Waals surface area contributed by atoms with Crippen molar-refractivity contribution in [3.8, 4) is 0 Å². The Kier molecular flexibility index (Phi) is 7.26. The number of aromatic nitrogens is 1. The summed E-state index contributed by atoms with van der Waals surface area (Å²) in [6.07, 6.45) is 7.03. The predicted octanol–water partition coefficient (Wildman–Crippen LogP) is 1.83. The number of nitrogens with one attached hydrogen (secondary N) is 1. The van der Waals surface area contributed by atoms with Gasteiger partial charge in [0.15, 0.2) is 5.11 Å². The van der Waals surface area contributed by atoms with Crippen molar-refractivity contribution in [2.75, 3.05) is 44.7 Å². The van der Waals surface area contributed by atoms with Crippen LogP contribution in [0, 0.1) is 0 Å². The number of piperazine rings is 1. The fraction of sp³-hybridized carbons (Fsp3) is 0.600. The maximum Gasteiger partial charge on any atom is 0.169 e. The van der Waals surface area contributed by atoms with Gasteiger partial charge >= 0.3 is 0 Å². The van der Waals surface area contributed by atoms with E-state index >= 15 is 0 Å². The highest BCUT2D eigenvalue weighted by Crippen LogP contribution is 2.08. The molecule has 0 aliphatic carbocycles. The molecule has 0 atom stereocenters. The Morgan fingerprint density at radius 3 is 2.67 bits per heavy atom. The van der Waals surface area contributed by atoms with Crippen LogP contribution < -0.4 is 5.32 Å². The normalized spacial score (nSPS) is 16.0. The van der Waals surface area contributed by atoms with Gasteiger partial charge in [-0.15, -0.1) is 0 Å². The summed E-state index contributed by atoms with van der Waals surface area (Å²) in [4.78, 5) is 8.83. The van der Waals surface area contributed by atoms with Crippen molar-refractivity contribution in [1.29, 1.82) is 0 Å². The van der Waals surface area contributed by atoms with E-state index in [1.165, 1.54) is 17.7 Å². The molecular formula is C15H24N4S2. The Morgan fingerprint density at radius 2 is 2.00 bits per heavy atom. The van der Waals surface area contributed by atoms with E-state index in [9.17, 15) is 0 Å². The van der Waals surface area contributed by atoms with Crippen LogP contribution in [0.5, 0.6) is 0 Å². The topological polar surface area (TPSA) is 31.4 Å². The Bertz CT molecular complexity index is 419. The minimum atomic E-state index is 0.916. The molecule has 0 bridgehead atoms. The van der Waals surface area contributed by atoms with Gasteiger partial charge in [0.25, 0.3) is 0 Å². The molecule has 0 saturated carbocycles. The van der Waals surface area contributed by atoms with Crippen molar-refractivity contribution in [1.82, 2.24) is 20.1 Å². The first-order valence-corrected chi connectivity index (χ1v) is 9.23. The van der Waals surface area contributed by atoms with E-state index in [1.54, 1.807) is 0 Å². The van der Waals surface area contributed by atoms with Crippen LogP contribution in [0.25, 0.3) is 0 Å². The fourth-order valence-corrected chi connectivity index (χ4v) is 3.10. The van der Waals surface area contributed by atoms with Gasteiger partial charge in [-0.25, -0.2) is 0 Å². The quantitative estimate of drug-likeness (QED) is 0.635. The van der Waals surface area contributed by atoms with Gasteiger partial charge in [-0.05, 0) is 48.3 Å². The van der Waals surface area contributed by atoms with Crippen molar-refractivity contribution >= 4 is 29.1 Å². The van der Waals surface area contributed by atoms with Crippen LogP contribution in [0.2, 0.25) is 0 Å². The zero-order chi connectivity index (χ0) is 14.9. The highest BCUT2D eigenvalue weighted by molar-refractivity contribution is 7.98. The summed E-state index contributed by atoms with van der Waals surface area (Å²) in [6.45, 7) is 6.14. The Labute approximate surface area is 137 Å². The van der Waals surface area contributed by atoms with Gasteiger partial charge in [-0.2, -0.15) is 11.8 Å². The summed E-state index contributed by atoms with van der Waals surface area (Å²) in [7, 11) is 0. The molecule has 1 aromatic heterocycles. The number of rotatable bonds is 6. The molecule has 0 amide bonds. The molecule has 0 radical (unpaired) electrons. The smallest absolute Gasteiger partial charge is 0.169 e. The molecule has 0 unspecified atom stereocenters. The van der Waals surface area contributed by atoms with Gasteiger partial charge in [0, 0.05) is 51.7 Å². The molecule has 0 spiro atoms. The van der Waals surface area contributed by atoms with Gasteiger partial charge in [0.05, 0.1) is 0 Å². The Balaban J connectivity index is 1.67. The molecule has 1 aliphatic heterocycles. The maximum absolute atomic E-state index is 5.47. The third-order valence-corrected chi connectivity index (χ3v) is 4.72.